The van der Waals surface area contributed by atoms with Crippen molar-refractivity contribution in [2.75, 3.05) is 74.2 Å². The highest BCUT2D eigenvalue weighted by Crippen LogP contribution is 2.40. The highest BCUT2D eigenvalue weighted by molar-refractivity contribution is 7.70. The number of rotatable bonds is 9. The minimum atomic E-state index is -2.56. The number of benzene rings is 2. The van der Waals surface area contributed by atoms with Gasteiger partial charge >= 0.3 is 0 Å². The number of nitrogens with zero attached hydrogens (tertiary/aromatic N) is 3. The van der Waals surface area contributed by atoms with Gasteiger partial charge in [-0.25, -0.2) is 4.98 Å². The van der Waals surface area contributed by atoms with E-state index in [2.05, 4.69) is 30.8 Å². The van der Waals surface area contributed by atoms with Gasteiger partial charge in [0.05, 0.1) is 55.9 Å². The van der Waals surface area contributed by atoms with E-state index in [0.717, 1.165) is 5.69 Å². The Morgan fingerprint density at radius 3 is 2.56 bits per heavy atom. The number of aromatic nitrogens is 2. The molecule has 2 aliphatic rings. The number of ether oxygens (including phenoxy) is 3. The predicted octanol–water partition coefficient (Wildman–Crippen LogP) is 4.05. The van der Waals surface area contributed by atoms with Crippen LogP contribution in [0, 0.1) is 0 Å². The maximum absolute atomic E-state index is 12.8. The van der Waals surface area contributed by atoms with Crippen molar-refractivity contribution < 1.29 is 23.6 Å². The smallest absolute Gasteiger partial charge is 0.255 e. The fraction of sp³-hybridized carbons (Fsp3) is 0.346. The number of anilines is 6. The SMILES string of the molecule is COc1cc(N2CCOCC2)c(NC(=O)C2CO2)cc1Nc1ncc(Cl)c(Nc2ccccc2P(C)(C)=O)n1. The van der Waals surface area contributed by atoms with Crippen molar-refractivity contribution in [1.82, 2.24) is 9.97 Å². The number of methoxy groups -OCH3 is 1. The molecule has 1 amide bonds. The summed E-state index contributed by atoms with van der Waals surface area (Å²) in [6.45, 7) is 6.36. The number of nitrogens with one attached hydrogen (secondary N) is 3. The number of hydrogen-bond donors (Lipinski definition) is 3. The van der Waals surface area contributed by atoms with Crippen molar-refractivity contribution in [2.24, 2.45) is 0 Å². The summed E-state index contributed by atoms with van der Waals surface area (Å²) in [7, 11) is -0.988. The molecule has 0 spiro atoms. The average Bonchev–Trinajstić information content (AvgIpc) is 3.77. The van der Waals surface area contributed by atoms with E-state index in [1.54, 1.807) is 26.5 Å². The van der Waals surface area contributed by atoms with Gasteiger partial charge in [-0.1, -0.05) is 23.7 Å². The molecule has 39 heavy (non-hydrogen) atoms. The van der Waals surface area contributed by atoms with Crippen LogP contribution >= 0.6 is 18.7 Å². The first-order chi connectivity index (χ1) is 18.7. The lowest BCUT2D eigenvalue weighted by molar-refractivity contribution is -0.117. The highest BCUT2D eigenvalue weighted by Gasteiger charge is 2.32. The summed E-state index contributed by atoms with van der Waals surface area (Å²) in [5, 5.41) is 10.3. The topological polar surface area (TPSA) is 130 Å². The van der Waals surface area contributed by atoms with Crippen LogP contribution in [0.4, 0.5) is 34.5 Å². The third-order valence-electron chi connectivity index (χ3n) is 6.28. The van der Waals surface area contributed by atoms with Crippen molar-refractivity contribution >= 4 is 64.5 Å². The molecule has 3 aromatic rings. The average molecular weight is 573 g/mol. The second-order valence-electron chi connectivity index (χ2n) is 9.49. The second kappa shape index (κ2) is 11.4. The van der Waals surface area contributed by atoms with Crippen molar-refractivity contribution in [3.63, 3.8) is 0 Å². The van der Waals surface area contributed by atoms with Gasteiger partial charge in [0.25, 0.3) is 5.91 Å². The van der Waals surface area contributed by atoms with Gasteiger partial charge in [0.1, 0.15) is 17.9 Å². The Hall–Kier alpha value is -3.37. The lowest BCUT2D eigenvalue weighted by Crippen LogP contribution is -2.37. The van der Waals surface area contributed by atoms with Gasteiger partial charge in [0, 0.05) is 24.5 Å². The molecule has 2 aromatic carbocycles. The Bertz CT molecular complexity index is 1420. The first-order valence-electron chi connectivity index (χ1n) is 12.4. The van der Waals surface area contributed by atoms with Crippen LogP contribution in [0.2, 0.25) is 5.02 Å². The zero-order valence-electron chi connectivity index (χ0n) is 21.9. The molecule has 0 radical (unpaired) electrons. The molecule has 13 heteroatoms. The van der Waals surface area contributed by atoms with Gasteiger partial charge in [-0.05, 0) is 31.5 Å². The minimum Gasteiger partial charge on any atom is -0.494 e. The third kappa shape index (κ3) is 6.45. The molecular weight excluding hydrogens is 543 g/mol. The normalized spacial score (nSPS) is 16.9. The molecule has 1 aromatic heterocycles. The second-order valence-corrected chi connectivity index (χ2v) is 13.1. The monoisotopic (exact) mass is 572 g/mol. The number of epoxide rings is 1. The summed E-state index contributed by atoms with van der Waals surface area (Å²) in [6.07, 6.45) is 1.03. The maximum atomic E-state index is 12.8. The first-order valence-corrected chi connectivity index (χ1v) is 15.4. The van der Waals surface area contributed by atoms with Gasteiger partial charge < -0.3 is 39.6 Å². The summed E-state index contributed by atoms with van der Waals surface area (Å²) in [5.41, 5.74) is 2.61. The molecule has 1 atom stereocenters. The number of carbonyl (C=O) groups excluding carboxylic acids is 1. The zero-order valence-corrected chi connectivity index (χ0v) is 23.5. The summed E-state index contributed by atoms with van der Waals surface area (Å²) in [6, 6.07) is 11.0. The van der Waals surface area contributed by atoms with E-state index in [1.807, 2.05) is 30.3 Å². The fourth-order valence-corrected chi connectivity index (χ4v) is 5.52. The van der Waals surface area contributed by atoms with Crippen LogP contribution in [0.3, 0.4) is 0 Å². The molecule has 1 unspecified atom stereocenters. The van der Waals surface area contributed by atoms with E-state index >= 15 is 0 Å². The molecule has 206 valence electrons. The number of amides is 1. The van der Waals surface area contributed by atoms with Gasteiger partial charge in [-0.3, -0.25) is 4.79 Å². The lowest BCUT2D eigenvalue weighted by atomic mass is 10.1. The lowest BCUT2D eigenvalue weighted by Gasteiger charge is -2.31. The van der Waals surface area contributed by atoms with Crippen LogP contribution in [-0.2, 0) is 18.8 Å². The Kier molecular flexibility index (Phi) is 7.95. The van der Waals surface area contributed by atoms with Gasteiger partial charge in [-0.2, -0.15) is 4.98 Å². The fourth-order valence-electron chi connectivity index (χ4n) is 4.23. The van der Waals surface area contributed by atoms with Crippen molar-refractivity contribution in [3.05, 3.63) is 47.6 Å². The summed E-state index contributed by atoms with van der Waals surface area (Å²) in [5.74, 6) is 0.917. The Morgan fingerprint density at radius 1 is 1.13 bits per heavy atom. The molecule has 2 fully saturated rings. The van der Waals surface area contributed by atoms with Crippen LogP contribution in [0.5, 0.6) is 5.75 Å². The third-order valence-corrected chi connectivity index (χ3v) is 8.11. The molecule has 2 aliphatic heterocycles. The highest BCUT2D eigenvalue weighted by atomic mass is 35.5. The van der Waals surface area contributed by atoms with Crippen LogP contribution < -0.4 is 30.9 Å². The Morgan fingerprint density at radius 2 is 1.87 bits per heavy atom. The molecule has 0 bridgehead atoms. The van der Waals surface area contributed by atoms with E-state index in [0.29, 0.717) is 71.9 Å². The summed E-state index contributed by atoms with van der Waals surface area (Å²) in [4.78, 5) is 23.6. The van der Waals surface area contributed by atoms with Gasteiger partial charge in [-0.15, -0.1) is 0 Å². The van der Waals surface area contributed by atoms with Crippen LogP contribution in [-0.4, -0.2) is 75.3 Å². The molecule has 2 saturated heterocycles. The van der Waals surface area contributed by atoms with Crippen molar-refractivity contribution in [3.8, 4) is 5.75 Å². The van der Waals surface area contributed by atoms with Crippen LogP contribution in [0.1, 0.15) is 0 Å². The standard InChI is InChI=1S/C26H30ClN6O5P/c1-36-21-13-20(33-8-10-37-11-9-33)18(30-25(34)22-15-38-22)12-19(21)31-26-28-14-16(27)24(32-26)29-17-6-4-5-7-23(17)39(2,3)35/h4-7,12-14,22H,8-11,15H2,1-3H3,(H,30,34)(H2,28,29,31,32). The van der Waals surface area contributed by atoms with Crippen LogP contribution in [0.15, 0.2) is 42.6 Å². The van der Waals surface area contributed by atoms with Crippen molar-refractivity contribution in [1.29, 1.82) is 0 Å². The van der Waals surface area contributed by atoms with Gasteiger partial charge in [0.15, 0.2) is 11.9 Å². The quantitative estimate of drug-likeness (QED) is 0.255. The van der Waals surface area contributed by atoms with E-state index in [-0.39, 0.29) is 11.9 Å². The Balaban J connectivity index is 1.46. The molecule has 3 N–H and O–H groups in total. The van der Waals surface area contributed by atoms with Gasteiger partial charge in [0.2, 0.25) is 5.95 Å². The molecule has 5 rings (SSSR count). The van der Waals surface area contributed by atoms with E-state index in [4.69, 9.17) is 25.8 Å². The molecule has 0 aliphatic carbocycles. The first kappa shape index (κ1) is 27.2. The summed E-state index contributed by atoms with van der Waals surface area (Å²) >= 11 is 6.42. The van der Waals surface area contributed by atoms with Crippen LogP contribution in [0.25, 0.3) is 0 Å². The molecule has 3 heterocycles. The number of halogens is 1. The number of hydrogen-bond acceptors (Lipinski definition) is 10. The molecule has 0 saturated carbocycles. The summed E-state index contributed by atoms with van der Waals surface area (Å²) < 4.78 is 29.1. The van der Waals surface area contributed by atoms with Crippen molar-refractivity contribution in [2.45, 2.75) is 6.10 Å². The number of morpholine rings is 1. The van der Waals surface area contributed by atoms with E-state index in [9.17, 15) is 9.36 Å². The number of para-hydroxylation sites is 1. The largest absolute Gasteiger partial charge is 0.494 e. The molecule has 11 nitrogen and oxygen atoms in total. The predicted molar refractivity (Wildman–Crippen MR) is 154 cm³/mol. The maximum Gasteiger partial charge on any atom is 0.255 e. The zero-order chi connectivity index (χ0) is 27.6. The Labute approximate surface area is 231 Å². The van der Waals surface area contributed by atoms with E-state index < -0.39 is 13.2 Å². The number of carbonyl (C=O) groups is 1. The van der Waals surface area contributed by atoms with E-state index in [1.165, 1.54) is 6.20 Å². The molecular formula is C26H30ClN6O5P. The minimum absolute atomic E-state index is 0.211.